The second-order valence-corrected chi connectivity index (χ2v) is 7.53. The molecule has 31 heavy (non-hydrogen) atoms. The van der Waals surface area contributed by atoms with Gasteiger partial charge in [-0.1, -0.05) is 36.4 Å². The van der Waals surface area contributed by atoms with Gasteiger partial charge in [-0.3, -0.25) is 5.32 Å². The van der Waals surface area contributed by atoms with E-state index in [2.05, 4.69) is 15.6 Å². The first-order valence-electron chi connectivity index (χ1n) is 9.40. The molecule has 2 aromatic rings. The highest BCUT2D eigenvalue weighted by Crippen LogP contribution is 2.24. The lowest BCUT2D eigenvalue weighted by atomic mass is 10.0. The quantitative estimate of drug-likeness (QED) is 0.523. The maximum Gasteiger partial charge on any atom is 0.413 e. The molecule has 0 bridgehead atoms. The summed E-state index contributed by atoms with van der Waals surface area (Å²) in [6, 6.07) is 9.87. The van der Waals surface area contributed by atoms with E-state index in [4.69, 9.17) is 9.47 Å². The van der Waals surface area contributed by atoms with Crippen molar-refractivity contribution in [2.45, 2.75) is 45.1 Å². The number of aliphatic carboxylic acids is 1. The Kier molecular flexibility index (Phi) is 7.92. The van der Waals surface area contributed by atoms with Crippen molar-refractivity contribution < 1.29 is 34.1 Å². The summed E-state index contributed by atoms with van der Waals surface area (Å²) in [4.78, 5) is 39.8. The van der Waals surface area contributed by atoms with Gasteiger partial charge in [0.05, 0.1) is 0 Å². The molecule has 2 amide bonds. The molecule has 10 heteroatoms. The van der Waals surface area contributed by atoms with Crippen molar-refractivity contribution in [2.75, 3.05) is 5.32 Å². The maximum atomic E-state index is 12.1. The number of benzene rings is 1. The SMILES string of the molecule is CC(C)(C)OC(=O)Nc1ncccc1[C@@H](O)[C@H](NC(=O)OCc1ccccc1)C(=O)O. The second-order valence-electron chi connectivity index (χ2n) is 7.53. The van der Waals surface area contributed by atoms with Crippen LogP contribution < -0.4 is 10.6 Å². The number of ether oxygens (including phenoxy) is 2. The van der Waals surface area contributed by atoms with E-state index in [0.717, 1.165) is 0 Å². The molecule has 0 aliphatic heterocycles. The summed E-state index contributed by atoms with van der Waals surface area (Å²) in [7, 11) is 0. The molecule has 4 N–H and O–H groups in total. The lowest BCUT2D eigenvalue weighted by Gasteiger charge is -2.23. The first-order valence-corrected chi connectivity index (χ1v) is 9.40. The largest absolute Gasteiger partial charge is 0.480 e. The minimum absolute atomic E-state index is 0.0240. The highest BCUT2D eigenvalue weighted by atomic mass is 16.6. The highest BCUT2D eigenvalue weighted by Gasteiger charge is 2.32. The number of anilines is 1. The fourth-order valence-electron chi connectivity index (χ4n) is 2.51. The van der Waals surface area contributed by atoms with Crippen molar-refractivity contribution in [3.05, 3.63) is 59.8 Å². The summed E-state index contributed by atoms with van der Waals surface area (Å²) < 4.78 is 10.2. The minimum atomic E-state index is -1.76. The number of hydrogen-bond donors (Lipinski definition) is 4. The molecule has 0 radical (unpaired) electrons. The molecular weight excluding hydrogens is 406 g/mol. The van der Waals surface area contributed by atoms with Crippen molar-refractivity contribution in [1.82, 2.24) is 10.3 Å². The summed E-state index contributed by atoms with van der Waals surface area (Å²) in [5.74, 6) is -1.61. The van der Waals surface area contributed by atoms with Crippen LogP contribution >= 0.6 is 0 Å². The Labute approximate surface area is 179 Å². The van der Waals surface area contributed by atoms with Gasteiger partial charge in [-0.2, -0.15) is 0 Å². The van der Waals surface area contributed by atoms with Crippen molar-refractivity contribution in [3.63, 3.8) is 0 Å². The number of amides is 2. The Morgan fingerprint density at radius 1 is 1.06 bits per heavy atom. The van der Waals surface area contributed by atoms with Gasteiger partial charge in [0.1, 0.15) is 24.1 Å². The van der Waals surface area contributed by atoms with Crippen molar-refractivity contribution in [1.29, 1.82) is 0 Å². The van der Waals surface area contributed by atoms with Gasteiger partial charge in [0.15, 0.2) is 6.04 Å². The molecule has 166 valence electrons. The Hall–Kier alpha value is -3.66. The van der Waals surface area contributed by atoms with Gasteiger partial charge in [0, 0.05) is 11.8 Å². The zero-order valence-electron chi connectivity index (χ0n) is 17.4. The molecule has 0 saturated heterocycles. The van der Waals surface area contributed by atoms with Gasteiger partial charge in [0.25, 0.3) is 0 Å². The molecule has 0 unspecified atom stereocenters. The molecule has 1 heterocycles. The Bertz CT molecular complexity index is 913. The average molecular weight is 431 g/mol. The second kappa shape index (κ2) is 10.4. The van der Waals surface area contributed by atoms with Crippen LogP contribution in [0.4, 0.5) is 15.4 Å². The highest BCUT2D eigenvalue weighted by molar-refractivity contribution is 5.85. The first-order chi connectivity index (χ1) is 14.6. The van der Waals surface area contributed by atoms with Crippen LogP contribution in [-0.2, 0) is 20.9 Å². The van der Waals surface area contributed by atoms with Crippen LogP contribution in [-0.4, -0.2) is 45.0 Å². The van der Waals surface area contributed by atoms with Gasteiger partial charge >= 0.3 is 18.2 Å². The van der Waals surface area contributed by atoms with E-state index in [1.54, 1.807) is 51.1 Å². The van der Waals surface area contributed by atoms with Crippen LogP contribution in [0.2, 0.25) is 0 Å². The normalized spacial score (nSPS) is 12.9. The molecule has 1 aromatic carbocycles. The molecule has 2 atom stereocenters. The lowest BCUT2D eigenvalue weighted by Crippen LogP contribution is -2.45. The predicted molar refractivity (Wildman–Crippen MR) is 110 cm³/mol. The zero-order valence-corrected chi connectivity index (χ0v) is 17.4. The van der Waals surface area contributed by atoms with Crippen LogP contribution in [0.5, 0.6) is 0 Å². The van der Waals surface area contributed by atoms with Crippen molar-refractivity contribution in [3.8, 4) is 0 Å². The molecule has 0 fully saturated rings. The van der Waals surface area contributed by atoms with E-state index in [9.17, 15) is 24.6 Å². The first kappa shape index (κ1) is 23.6. The minimum Gasteiger partial charge on any atom is -0.480 e. The molecule has 0 aliphatic carbocycles. The van der Waals surface area contributed by atoms with Crippen molar-refractivity contribution >= 4 is 24.0 Å². The molecule has 2 rings (SSSR count). The van der Waals surface area contributed by atoms with E-state index in [-0.39, 0.29) is 18.0 Å². The number of carboxylic acid groups (broad SMARTS) is 1. The standard InChI is InChI=1S/C21H25N3O7/c1-21(2,3)31-20(29)24-17-14(10-7-11-22-17)16(25)15(18(26)27)23-19(28)30-12-13-8-5-4-6-9-13/h4-11,15-16,25H,12H2,1-3H3,(H,23,28)(H,26,27)(H,22,24,29)/t15-,16+/m0/s1. The number of aliphatic hydroxyl groups excluding tert-OH is 1. The van der Waals surface area contributed by atoms with Crippen LogP contribution in [0, 0.1) is 0 Å². The number of nitrogens with one attached hydrogen (secondary N) is 2. The number of alkyl carbamates (subject to hydrolysis) is 1. The number of carbonyl (C=O) groups excluding carboxylic acids is 2. The third-order valence-electron chi connectivity index (χ3n) is 3.84. The van der Waals surface area contributed by atoms with Gasteiger partial charge in [-0.05, 0) is 32.4 Å². The maximum absolute atomic E-state index is 12.1. The van der Waals surface area contributed by atoms with Crippen LogP contribution in [0.25, 0.3) is 0 Å². The van der Waals surface area contributed by atoms with Crippen molar-refractivity contribution in [2.24, 2.45) is 0 Å². The molecule has 1 aromatic heterocycles. The fourth-order valence-corrected chi connectivity index (χ4v) is 2.51. The topological polar surface area (TPSA) is 147 Å². The number of hydrogen-bond acceptors (Lipinski definition) is 7. The van der Waals surface area contributed by atoms with E-state index in [1.807, 2.05) is 0 Å². The van der Waals surface area contributed by atoms with Crippen LogP contribution in [0.3, 0.4) is 0 Å². The lowest BCUT2D eigenvalue weighted by molar-refractivity contribution is -0.142. The number of aromatic nitrogens is 1. The van der Waals surface area contributed by atoms with Gasteiger partial charge in [-0.25, -0.2) is 19.4 Å². The third-order valence-corrected chi connectivity index (χ3v) is 3.84. The number of aliphatic hydroxyl groups is 1. The Morgan fingerprint density at radius 3 is 2.35 bits per heavy atom. The summed E-state index contributed by atoms with van der Waals surface area (Å²) in [6.45, 7) is 4.94. The Balaban J connectivity index is 2.10. The van der Waals surface area contributed by atoms with Gasteiger partial charge in [-0.15, -0.1) is 0 Å². The molecule has 0 saturated carbocycles. The summed E-state index contributed by atoms with van der Waals surface area (Å²) >= 11 is 0. The molecule has 0 spiro atoms. The number of rotatable bonds is 7. The average Bonchev–Trinajstić information content (AvgIpc) is 2.69. The van der Waals surface area contributed by atoms with E-state index in [0.29, 0.717) is 5.56 Å². The van der Waals surface area contributed by atoms with Crippen LogP contribution in [0.1, 0.15) is 38.0 Å². The predicted octanol–water partition coefficient (Wildman–Crippen LogP) is 2.84. The number of pyridine rings is 1. The number of carbonyl (C=O) groups is 3. The van der Waals surface area contributed by atoms with E-state index >= 15 is 0 Å². The Morgan fingerprint density at radius 2 is 1.74 bits per heavy atom. The summed E-state index contributed by atoms with van der Waals surface area (Å²) in [6.07, 6.45) is -2.25. The van der Waals surface area contributed by atoms with Gasteiger partial charge < -0.3 is 25.0 Å². The van der Waals surface area contributed by atoms with E-state index in [1.165, 1.54) is 18.3 Å². The summed E-state index contributed by atoms with van der Waals surface area (Å²) in [5, 5.41) is 24.6. The van der Waals surface area contributed by atoms with Gasteiger partial charge in [0.2, 0.25) is 0 Å². The van der Waals surface area contributed by atoms with E-state index < -0.39 is 35.9 Å². The molecule has 10 nitrogen and oxygen atoms in total. The number of carboxylic acids is 1. The van der Waals surface area contributed by atoms with Crippen LogP contribution in [0.15, 0.2) is 48.7 Å². The molecular formula is C21H25N3O7. The third kappa shape index (κ3) is 7.59. The smallest absolute Gasteiger partial charge is 0.413 e. The summed E-state index contributed by atoms with van der Waals surface area (Å²) in [5.41, 5.74) is -0.0870. The molecule has 0 aliphatic rings. The number of nitrogens with zero attached hydrogens (tertiary/aromatic N) is 1. The zero-order chi connectivity index (χ0) is 23.0. The monoisotopic (exact) mass is 431 g/mol. The fraction of sp³-hybridized carbons (Fsp3) is 0.333.